The minimum Gasteiger partial charge on any atom is -0.349 e. The SMILES string of the molecule is Cl.Cl.Cn1c(=O)c2ccc(C(=O)NCCN)nc2n(C)c1=O. The highest BCUT2D eigenvalue weighted by atomic mass is 35.5. The summed E-state index contributed by atoms with van der Waals surface area (Å²) in [6, 6.07) is 2.93. The molecule has 122 valence electrons. The summed E-state index contributed by atoms with van der Waals surface area (Å²) in [6.07, 6.45) is 0. The first-order valence-electron chi connectivity index (χ1n) is 6.02. The number of carbonyl (C=O) groups excluding carboxylic acids is 1. The second kappa shape index (κ2) is 7.92. The molecule has 2 heterocycles. The van der Waals surface area contributed by atoms with Gasteiger partial charge in [0, 0.05) is 27.2 Å². The lowest BCUT2D eigenvalue weighted by atomic mass is 10.2. The number of hydrogen-bond acceptors (Lipinski definition) is 5. The van der Waals surface area contributed by atoms with Crippen molar-refractivity contribution in [3.05, 3.63) is 38.7 Å². The molecule has 0 aliphatic rings. The zero-order valence-corrected chi connectivity index (χ0v) is 13.7. The average molecular weight is 350 g/mol. The Hall–Kier alpha value is -1.90. The van der Waals surface area contributed by atoms with Crippen molar-refractivity contribution in [1.82, 2.24) is 19.4 Å². The highest BCUT2D eigenvalue weighted by Crippen LogP contribution is 2.06. The summed E-state index contributed by atoms with van der Waals surface area (Å²) in [5.74, 6) is -0.398. The van der Waals surface area contributed by atoms with Crippen molar-refractivity contribution in [3.63, 3.8) is 0 Å². The van der Waals surface area contributed by atoms with E-state index in [-0.39, 0.29) is 41.5 Å². The Morgan fingerprint density at radius 3 is 2.45 bits per heavy atom. The lowest BCUT2D eigenvalue weighted by molar-refractivity contribution is 0.0950. The van der Waals surface area contributed by atoms with Crippen molar-refractivity contribution in [2.45, 2.75) is 0 Å². The minimum atomic E-state index is -0.491. The number of aromatic nitrogens is 3. The van der Waals surface area contributed by atoms with Gasteiger partial charge in [0.05, 0.1) is 5.39 Å². The van der Waals surface area contributed by atoms with Crippen LogP contribution < -0.4 is 22.3 Å². The molecule has 0 fully saturated rings. The van der Waals surface area contributed by atoms with Gasteiger partial charge in [0.2, 0.25) is 0 Å². The van der Waals surface area contributed by atoms with Crippen LogP contribution in [0.5, 0.6) is 0 Å². The zero-order chi connectivity index (χ0) is 14.9. The molecular weight excluding hydrogens is 333 g/mol. The molecule has 0 aromatic carbocycles. The van der Waals surface area contributed by atoms with Gasteiger partial charge >= 0.3 is 5.69 Å². The highest BCUT2D eigenvalue weighted by molar-refractivity contribution is 5.94. The summed E-state index contributed by atoms with van der Waals surface area (Å²) in [5, 5.41) is 2.86. The number of carbonyl (C=O) groups is 1. The number of nitrogens with two attached hydrogens (primary N) is 1. The van der Waals surface area contributed by atoms with Crippen LogP contribution in [0.2, 0.25) is 0 Å². The number of amides is 1. The van der Waals surface area contributed by atoms with Crippen LogP contribution in [0.25, 0.3) is 11.0 Å². The van der Waals surface area contributed by atoms with Gasteiger partial charge in [-0.1, -0.05) is 0 Å². The molecule has 0 aliphatic heterocycles. The van der Waals surface area contributed by atoms with Crippen molar-refractivity contribution in [3.8, 4) is 0 Å². The van der Waals surface area contributed by atoms with Gasteiger partial charge in [-0.3, -0.25) is 18.7 Å². The van der Waals surface area contributed by atoms with Gasteiger partial charge in [-0.25, -0.2) is 9.78 Å². The smallest absolute Gasteiger partial charge is 0.332 e. The monoisotopic (exact) mass is 349 g/mol. The molecule has 22 heavy (non-hydrogen) atoms. The molecule has 0 spiro atoms. The second-order valence-corrected chi connectivity index (χ2v) is 4.32. The maximum atomic E-state index is 11.9. The third-order valence-corrected chi connectivity index (χ3v) is 2.96. The van der Waals surface area contributed by atoms with Gasteiger partial charge in [-0.15, -0.1) is 24.8 Å². The van der Waals surface area contributed by atoms with Gasteiger partial charge in [-0.05, 0) is 12.1 Å². The van der Waals surface area contributed by atoms with Crippen LogP contribution in [0.4, 0.5) is 0 Å². The highest BCUT2D eigenvalue weighted by Gasteiger charge is 2.13. The number of aryl methyl sites for hydroxylation is 1. The minimum absolute atomic E-state index is 0. The number of pyridine rings is 1. The van der Waals surface area contributed by atoms with Crippen molar-refractivity contribution in [1.29, 1.82) is 0 Å². The fraction of sp³-hybridized carbons (Fsp3) is 0.333. The summed E-state index contributed by atoms with van der Waals surface area (Å²) in [6.45, 7) is 0.645. The predicted octanol–water partition coefficient (Wildman–Crippen LogP) is -0.836. The van der Waals surface area contributed by atoms with Crippen molar-refractivity contribution < 1.29 is 4.79 Å². The molecule has 2 rings (SSSR count). The number of nitrogens with zero attached hydrogens (tertiary/aromatic N) is 3. The summed E-state index contributed by atoms with van der Waals surface area (Å²) >= 11 is 0. The van der Waals surface area contributed by atoms with Gasteiger partial charge in [0.25, 0.3) is 11.5 Å². The number of hydrogen-bond donors (Lipinski definition) is 2. The van der Waals surface area contributed by atoms with Crippen LogP contribution in [0.3, 0.4) is 0 Å². The largest absolute Gasteiger partial charge is 0.349 e. The van der Waals surface area contributed by atoms with Gasteiger partial charge in [0.1, 0.15) is 11.3 Å². The molecule has 0 aliphatic carbocycles. The van der Waals surface area contributed by atoms with E-state index in [9.17, 15) is 14.4 Å². The van der Waals surface area contributed by atoms with Crippen LogP contribution in [-0.2, 0) is 14.1 Å². The van der Waals surface area contributed by atoms with Crippen molar-refractivity contribution in [2.75, 3.05) is 13.1 Å². The second-order valence-electron chi connectivity index (χ2n) is 4.32. The Labute approximate surface area is 138 Å². The third-order valence-electron chi connectivity index (χ3n) is 2.96. The maximum absolute atomic E-state index is 11.9. The molecule has 2 aromatic rings. The first-order chi connectivity index (χ1) is 9.47. The van der Waals surface area contributed by atoms with E-state index in [1.165, 1.54) is 30.8 Å². The molecule has 3 N–H and O–H groups in total. The third kappa shape index (κ3) is 3.46. The fourth-order valence-electron chi connectivity index (χ4n) is 1.86. The number of rotatable bonds is 3. The van der Waals surface area contributed by atoms with Crippen LogP contribution in [-0.4, -0.2) is 33.1 Å². The van der Waals surface area contributed by atoms with Crippen LogP contribution in [0.15, 0.2) is 21.7 Å². The van der Waals surface area contributed by atoms with E-state index in [4.69, 9.17) is 5.73 Å². The molecule has 0 saturated carbocycles. The Morgan fingerprint density at radius 2 is 1.86 bits per heavy atom. The normalized spacial score (nSPS) is 9.77. The van der Waals surface area contributed by atoms with E-state index >= 15 is 0 Å². The Bertz CT molecular complexity index is 800. The molecular formula is C12H17Cl2N5O3. The van der Waals surface area contributed by atoms with E-state index in [0.29, 0.717) is 13.1 Å². The quantitative estimate of drug-likeness (QED) is 0.750. The van der Waals surface area contributed by atoms with Gasteiger partial charge < -0.3 is 11.1 Å². The summed E-state index contributed by atoms with van der Waals surface area (Å²) in [4.78, 5) is 39.7. The lowest BCUT2D eigenvalue weighted by Gasteiger charge is -2.08. The van der Waals surface area contributed by atoms with E-state index in [1.54, 1.807) is 0 Å². The molecule has 0 saturated heterocycles. The predicted molar refractivity (Wildman–Crippen MR) is 88.1 cm³/mol. The molecule has 0 bridgehead atoms. The summed E-state index contributed by atoms with van der Waals surface area (Å²) in [7, 11) is 2.89. The average Bonchev–Trinajstić information content (AvgIpc) is 2.47. The number of fused-ring (bicyclic) bond motifs is 1. The van der Waals surface area contributed by atoms with Crippen molar-refractivity contribution in [2.24, 2.45) is 19.8 Å². The maximum Gasteiger partial charge on any atom is 0.332 e. The molecule has 8 nitrogen and oxygen atoms in total. The van der Waals surface area contributed by atoms with E-state index < -0.39 is 17.2 Å². The Balaban J connectivity index is 0.00000220. The number of nitrogens with one attached hydrogen (secondary N) is 1. The molecule has 0 radical (unpaired) electrons. The Kier molecular flexibility index (Phi) is 7.24. The lowest BCUT2D eigenvalue weighted by Crippen LogP contribution is -2.37. The summed E-state index contributed by atoms with van der Waals surface area (Å²) in [5.41, 5.74) is 4.68. The van der Waals surface area contributed by atoms with E-state index in [1.807, 2.05) is 0 Å². The fourth-order valence-corrected chi connectivity index (χ4v) is 1.86. The molecule has 0 atom stereocenters. The number of halogens is 2. The molecule has 1 amide bonds. The molecule has 10 heteroatoms. The Morgan fingerprint density at radius 1 is 1.23 bits per heavy atom. The molecule has 2 aromatic heterocycles. The van der Waals surface area contributed by atoms with Gasteiger partial charge in [-0.2, -0.15) is 0 Å². The first kappa shape index (κ1) is 20.1. The van der Waals surface area contributed by atoms with Crippen LogP contribution in [0.1, 0.15) is 10.5 Å². The van der Waals surface area contributed by atoms with E-state index in [2.05, 4.69) is 10.3 Å². The zero-order valence-electron chi connectivity index (χ0n) is 12.0. The van der Waals surface area contributed by atoms with Crippen LogP contribution >= 0.6 is 24.8 Å². The van der Waals surface area contributed by atoms with Crippen molar-refractivity contribution >= 4 is 41.8 Å². The first-order valence-corrected chi connectivity index (χ1v) is 6.02. The van der Waals surface area contributed by atoms with E-state index in [0.717, 1.165) is 4.57 Å². The topological polar surface area (TPSA) is 112 Å². The standard InChI is InChI=1S/C12H15N5O3.2ClH/c1-16-9-7(11(19)17(2)12(16)20)3-4-8(15-9)10(18)14-6-5-13;;/h3-4H,5-6,13H2,1-2H3,(H,14,18);2*1H. The van der Waals surface area contributed by atoms with Crippen LogP contribution in [0, 0.1) is 0 Å². The molecule has 0 unspecified atom stereocenters. The van der Waals surface area contributed by atoms with Gasteiger partial charge in [0.15, 0.2) is 0 Å². The summed E-state index contributed by atoms with van der Waals surface area (Å²) < 4.78 is 2.23.